The Kier molecular flexibility index (Phi) is 7.50. The van der Waals surface area contributed by atoms with Crippen molar-refractivity contribution in [1.29, 1.82) is 0 Å². The van der Waals surface area contributed by atoms with Crippen LogP contribution in [-0.4, -0.2) is 48.7 Å². The van der Waals surface area contributed by atoms with Gasteiger partial charge in [0.1, 0.15) is 0 Å². The number of amides is 1. The normalized spacial score (nSPS) is 15.9. The van der Waals surface area contributed by atoms with E-state index in [-0.39, 0.29) is 18.0 Å². The molecule has 1 aliphatic rings. The molecule has 0 aliphatic carbocycles. The van der Waals surface area contributed by atoms with E-state index in [0.29, 0.717) is 6.42 Å². The molecule has 1 saturated heterocycles. The number of nitrogens with zero attached hydrogens (tertiary/aromatic N) is 2. The lowest BCUT2D eigenvalue weighted by Gasteiger charge is -2.32. The highest BCUT2D eigenvalue weighted by Crippen LogP contribution is 2.29. The number of likely N-dealkylation sites (tertiary alicyclic amines) is 1. The second-order valence-electron chi connectivity index (χ2n) is 8.21. The van der Waals surface area contributed by atoms with Crippen LogP contribution in [0.1, 0.15) is 36.4 Å². The molecule has 3 aromatic rings. The van der Waals surface area contributed by atoms with Gasteiger partial charge in [-0.1, -0.05) is 6.07 Å². The number of carbonyl (C=O) groups is 1. The van der Waals surface area contributed by atoms with Gasteiger partial charge in [-0.3, -0.25) is 9.69 Å². The van der Waals surface area contributed by atoms with Crippen molar-refractivity contribution in [3.8, 4) is 11.5 Å². The molecule has 1 aromatic carbocycles. The van der Waals surface area contributed by atoms with Crippen molar-refractivity contribution in [1.82, 2.24) is 14.8 Å². The number of ether oxygens (including phenoxy) is 2. The van der Waals surface area contributed by atoms with E-state index >= 15 is 0 Å². The summed E-state index contributed by atoms with van der Waals surface area (Å²) in [6.07, 6.45) is 6.44. The molecule has 7 heteroatoms. The monoisotopic (exact) mass is 453 g/mol. The largest absolute Gasteiger partial charge is 0.493 e. The van der Waals surface area contributed by atoms with Crippen molar-refractivity contribution < 1.29 is 14.3 Å². The predicted molar refractivity (Wildman–Crippen MR) is 127 cm³/mol. The standard InChI is InChI=1S/C25H31N3O3S/c1-30-23-6-5-19(15-24(23)31-2)17-27-12-7-21(8-13-27)26-25(29)16-22(20-9-14-32-18-20)28-10-3-4-11-28/h3-6,9-11,14-15,18,21-22H,7-8,12-13,16-17H2,1-2H3,(H,26,29). The fourth-order valence-electron chi connectivity index (χ4n) is 4.35. The molecule has 170 valence electrons. The minimum absolute atomic E-state index is 0.0430. The van der Waals surface area contributed by atoms with Crippen LogP contribution >= 0.6 is 11.3 Å². The summed E-state index contributed by atoms with van der Waals surface area (Å²) in [5.41, 5.74) is 2.39. The van der Waals surface area contributed by atoms with E-state index < -0.39 is 0 Å². The summed E-state index contributed by atoms with van der Waals surface area (Å²) in [4.78, 5) is 15.3. The summed E-state index contributed by atoms with van der Waals surface area (Å²) < 4.78 is 12.9. The highest BCUT2D eigenvalue weighted by Gasteiger charge is 2.23. The van der Waals surface area contributed by atoms with Gasteiger partial charge in [0.05, 0.1) is 26.7 Å². The van der Waals surface area contributed by atoms with E-state index in [0.717, 1.165) is 44.0 Å². The number of aromatic nitrogens is 1. The minimum Gasteiger partial charge on any atom is -0.493 e. The first-order chi connectivity index (χ1) is 15.7. The topological polar surface area (TPSA) is 55.7 Å². The molecular weight excluding hydrogens is 422 g/mol. The summed E-state index contributed by atoms with van der Waals surface area (Å²) in [5, 5.41) is 7.48. The van der Waals surface area contributed by atoms with Crippen LogP contribution in [0.25, 0.3) is 0 Å². The third-order valence-electron chi connectivity index (χ3n) is 6.10. The number of piperidine rings is 1. The van der Waals surface area contributed by atoms with Crippen molar-refractivity contribution in [3.05, 3.63) is 70.7 Å². The van der Waals surface area contributed by atoms with Crippen LogP contribution in [-0.2, 0) is 11.3 Å². The van der Waals surface area contributed by atoms with Crippen molar-refractivity contribution in [2.24, 2.45) is 0 Å². The molecule has 1 unspecified atom stereocenters. The third kappa shape index (κ3) is 5.53. The lowest BCUT2D eigenvalue weighted by atomic mass is 10.0. The Morgan fingerprint density at radius 3 is 2.53 bits per heavy atom. The second kappa shape index (κ2) is 10.7. The van der Waals surface area contributed by atoms with E-state index in [9.17, 15) is 4.79 Å². The Labute approximate surface area is 193 Å². The van der Waals surface area contributed by atoms with Gasteiger partial charge in [-0.15, -0.1) is 0 Å². The molecule has 0 spiro atoms. The molecule has 4 rings (SSSR count). The Morgan fingerprint density at radius 1 is 1.12 bits per heavy atom. The van der Waals surface area contributed by atoms with E-state index in [4.69, 9.17) is 9.47 Å². The van der Waals surface area contributed by atoms with Gasteiger partial charge in [-0.2, -0.15) is 11.3 Å². The second-order valence-corrected chi connectivity index (χ2v) is 8.99. The van der Waals surface area contributed by atoms with Gasteiger partial charge in [0.15, 0.2) is 11.5 Å². The summed E-state index contributed by atoms with van der Waals surface area (Å²) in [6, 6.07) is 12.5. The number of benzene rings is 1. The summed E-state index contributed by atoms with van der Waals surface area (Å²) in [7, 11) is 3.31. The van der Waals surface area contributed by atoms with E-state index in [1.807, 2.05) is 36.7 Å². The first kappa shape index (κ1) is 22.4. The summed E-state index contributed by atoms with van der Waals surface area (Å²) in [5.74, 6) is 1.63. The van der Waals surface area contributed by atoms with E-state index in [2.05, 4.69) is 37.7 Å². The third-order valence-corrected chi connectivity index (χ3v) is 6.80. The van der Waals surface area contributed by atoms with Gasteiger partial charge in [0.25, 0.3) is 0 Å². The van der Waals surface area contributed by atoms with Gasteiger partial charge in [-0.25, -0.2) is 0 Å². The van der Waals surface area contributed by atoms with Crippen LogP contribution in [0, 0.1) is 0 Å². The molecule has 0 bridgehead atoms. The Morgan fingerprint density at radius 2 is 1.88 bits per heavy atom. The molecule has 1 fully saturated rings. The number of hydrogen-bond donors (Lipinski definition) is 1. The van der Waals surface area contributed by atoms with Crippen LogP contribution in [0.2, 0.25) is 0 Å². The van der Waals surface area contributed by atoms with Crippen LogP contribution < -0.4 is 14.8 Å². The van der Waals surface area contributed by atoms with Gasteiger partial charge in [0.2, 0.25) is 5.91 Å². The van der Waals surface area contributed by atoms with Gasteiger partial charge >= 0.3 is 0 Å². The average Bonchev–Trinajstić information content (AvgIpc) is 3.53. The maximum absolute atomic E-state index is 12.9. The van der Waals surface area contributed by atoms with Gasteiger partial charge in [0, 0.05) is 38.1 Å². The fraction of sp³-hybridized carbons (Fsp3) is 0.400. The molecule has 1 atom stereocenters. The van der Waals surface area contributed by atoms with Crippen molar-refractivity contribution in [3.63, 3.8) is 0 Å². The average molecular weight is 454 g/mol. The molecule has 1 N–H and O–H groups in total. The number of hydrogen-bond acceptors (Lipinski definition) is 5. The highest BCUT2D eigenvalue weighted by molar-refractivity contribution is 7.08. The van der Waals surface area contributed by atoms with Crippen molar-refractivity contribution in [2.45, 2.75) is 37.9 Å². The zero-order valence-corrected chi connectivity index (χ0v) is 19.5. The molecule has 1 amide bonds. The quantitative estimate of drug-likeness (QED) is 0.524. The van der Waals surface area contributed by atoms with E-state index in [1.165, 1.54) is 11.1 Å². The number of rotatable bonds is 9. The van der Waals surface area contributed by atoms with Crippen LogP contribution in [0.4, 0.5) is 0 Å². The molecule has 6 nitrogen and oxygen atoms in total. The van der Waals surface area contributed by atoms with Crippen molar-refractivity contribution in [2.75, 3.05) is 27.3 Å². The number of carbonyl (C=O) groups excluding carboxylic acids is 1. The van der Waals surface area contributed by atoms with Gasteiger partial charge < -0.3 is 19.4 Å². The van der Waals surface area contributed by atoms with E-state index in [1.54, 1.807) is 25.6 Å². The molecular formula is C25H31N3O3S. The smallest absolute Gasteiger partial charge is 0.222 e. The Balaban J connectivity index is 1.28. The maximum atomic E-state index is 12.9. The molecule has 2 aromatic heterocycles. The predicted octanol–water partition coefficient (Wildman–Crippen LogP) is 4.33. The molecule has 0 saturated carbocycles. The first-order valence-electron chi connectivity index (χ1n) is 11.0. The first-order valence-corrected chi connectivity index (χ1v) is 12.0. The van der Waals surface area contributed by atoms with Crippen LogP contribution in [0.15, 0.2) is 59.6 Å². The molecule has 0 radical (unpaired) electrons. The lowest BCUT2D eigenvalue weighted by molar-refractivity contribution is -0.122. The zero-order valence-electron chi connectivity index (χ0n) is 18.7. The molecule has 32 heavy (non-hydrogen) atoms. The summed E-state index contributed by atoms with van der Waals surface area (Å²) in [6.45, 7) is 2.80. The maximum Gasteiger partial charge on any atom is 0.222 e. The van der Waals surface area contributed by atoms with Gasteiger partial charge in [-0.05, 0) is 65.1 Å². The lowest BCUT2D eigenvalue weighted by Crippen LogP contribution is -2.44. The number of nitrogens with one attached hydrogen (secondary N) is 1. The zero-order chi connectivity index (χ0) is 22.3. The fourth-order valence-corrected chi connectivity index (χ4v) is 5.06. The number of thiophene rings is 1. The Bertz CT molecular complexity index is 946. The van der Waals surface area contributed by atoms with Crippen LogP contribution in [0.3, 0.4) is 0 Å². The van der Waals surface area contributed by atoms with Crippen LogP contribution in [0.5, 0.6) is 11.5 Å². The molecule has 1 aliphatic heterocycles. The Hall–Kier alpha value is -2.77. The van der Waals surface area contributed by atoms with Crippen molar-refractivity contribution >= 4 is 17.2 Å². The SMILES string of the molecule is COc1ccc(CN2CCC(NC(=O)CC(c3ccsc3)n3cccc3)CC2)cc1OC. The molecule has 3 heterocycles. The minimum atomic E-state index is 0.0430. The number of methoxy groups -OCH3 is 2. The summed E-state index contributed by atoms with van der Waals surface area (Å²) >= 11 is 1.67. The highest BCUT2D eigenvalue weighted by atomic mass is 32.1.